The maximum absolute atomic E-state index is 6.12. The van der Waals surface area contributed by atoms with Gasteiger partial charge in [0.1, 0.15) is 5.75 Å². The SMILES string of the molecule is COCCCOc1ccc(Cl)cc1CNCC1CCNCC1. The molecule has 22 heavy (non-hydrogen) atoms. The van der Waals surface area contributed by atoms with Crippen molar-refractivity contribution in [3.63, 3.8) is 0 Å². The van der Waals surface area contributed by atoms with Crippen LogP contribution in [-0.2, 0) is 11.3 Å². The maximum atomic E-state index is 6.12. The highest BCUT2D eigenvalue weighted by Crippen LogP contribution is 2.23. The third-order valence-electron chi connectivity index (χ3n) is 3.98. The van der Waals surface area contributed by atoms with Gasteiger partial charge in [-0.15, -0.1) is 0 Å². The fourth-order valence-electron chi connectivity index (χ4n) is 2.71. The molecule has 0 radical (unpaired) electrons. The van der Waals surface area contributed by atoms with Gasteiger partial charge in [-0.1, -0.05) is 11.6 Å². The van der Waals surface area contributed by atoms with Crippen LogP contribution in [0.5, 0.6) is 5.75 Å². The minimum absolute atomic E-state index is 0.663. The van der Waals surface area contributed by atoms with Gasteiger partial charge in [0.15, 0.2) is 0 Å². The highest BCUT2D eigenvalue weighted by Gasteiger charge is 2.13. The average Bonchev–Trinajstić information content (AvgIpc) is 2.54. The second kappa shape index (κ2) is 10.1. The fourth-order valence-corrected chi connectivity index (χ4v) is 2.90. The van der Waals surface area contributed by atoms with E-state index in [-0.39, 0.29) is 0 Å². The van der Waals surface area contributed by atoms with Crippen LogP contribution in [0.2, 0.25) is 5.02 Å². The van der Waals surface area contributed by atoms with Gasteiger partial charge >= 0.3 is 0 Å². The second-order valence-electron chi connectivity index (χ2n) is 5.77. The second-order valence-corrected chi connectivity index (χ2v) is 6.21. The first-order valence-corrected chi connectivity index (χ1v) is 8.49. The van der Waals surface area contributed by atoms with Crippen LogP contribution in [-0.4, -0.2) is 40.0 Å². The Morgan fingerprint density at radius 3 is 2.86 bits per heavy atom. The average molecular weight is 327 g/mol. The molecule has 0 aromatic heterocycles. The quantitative estimate of drug-likeness (QED) is 0.685. The Morgan fingerprint density at radius 1 is 1.27 bits per heavy atom. The van der Waals surface area contributed by atoms with Gasteiger partial charge in [-0.25, -0.2) is 0 Å². The number of nitrogens with one attached hydrogen (secondary N) is 2. The van der Waals surface area contributed by atoms with Crippen molar-refractivity contribution in [1.82, 2.24) is 10.6 Å². The van der Waals surface area contributed by atoms with E-state index >= 15 is 0 Å². The molecule has 1 saturated heterocycles. The van der Waals surface area contributed by atoms with Gasteiger partial charge in [-0.2, -0.15) is 0 Å². The molecular weight excluding hydrogens is 300 g/mol. The molecule has 0 saturated carbocycles. The summed E-state index contributed by atoms with van der Waals surface area (Å²) >= 11 is 6.12. The Kier molecular flexibility index (Phi) is 8.02. The van der Waals surface area contributed by atoms with E-state index in [2.05, 4.69) is 10.6 Å². The van der Waals surface area contributed by atoms with Crippen LogP contribution >= 0.6 is 11.6 Å². The molecule has 1 aliphatic heterocycles. The lowest BCUT2D eigenvalue weighted by Crippen LogP contribution is -2.33. The molecule has 0 spiro atoms. The van der Waals surface area contributed by atoms with Crippen molar-refractivity contribution >= 4 is 11.6 Å². The number of hydrogen-bond donors (Lipinski definition) is 2. The van der Waals surface area contributed by atoms with Crippen molar-refractivity contribution in [3.05, 3.63) is 28.8 Å². The summed E-state index contributed by atoms with van der Waals surface area (Å²) in [5.74, 6) is 1.69. The molecule has 1 heterocycles. The molecule has 1 fully saturated rings. The van der Waals surface area contributed by atoms with Crippen LogP contribution in [0.3, 0.4) is 0 Å². The van der Waals surface area contributed by atoms with Gasteiger partial charge in [-0.3, -0.25) is 0 Å². The van der Waals surface area contributed by atoms with Crippen molar-refractivity contribution in [3.8, 4) is 5.75 Å². The first-order chi connectivity index (χ1) is 10.8. The summed E-state index contributed by atoms with van der Waals surface area (Å²) in [6.07, 6.45) is 3.40. The van der Waals surface area contributed by atoms with E-state index in [0.717, 1.165) is 61.5 Å². The summed E-state index contributed by atoms with van der Waals surface area (Å²) in [5, 5.41) is 7.70. The van der Waals surface area contributed by atoms with E-state index in [1.807, 2.05) is 18.2 Å². The lowest BCUT2D eigenvalue weighted by molar-refractivity contribution is 0.171. The normalized spacial score (nSPS) is 15.9. The zero-order valence-corrected chi connectivity index (χ0v) is 14.1. The molecule has 4 nitrogen and oxygen atoms in total. The van der Waals surface area contributed by atoms with Gasteiger partial charge < -0.3 is 20.1 Å². The summed E-state index contributed by atoms with van der Waals surface area (Å²) in [7, 11) is 1.71. The summed E-state index contributed by atoms with van der Waals surface area (Å²) in [6.45, 7) is 5.50. The number of methoxy groups -OCH3 is 1. The van der Waals surface area contributed by atoms with Crippen LogP contribution in [0.1, 0.15) is 24.8 Å². The lowest BCUT2D eigenvalue weighted by Gasteiger charge is -2.23. The molecule has 0 atom stereocenters. The van der Waals surface area contributed by atoms with Crippen molar-refractivity contribution in [1.29, 1.82) is 0 Å². The van der Waals surface area contributed by atoms with Gasteiger partial charge in [-0.05, 0) is 56.6 Å². The summed E-state index contributed by atoms with van der Waals surface area (Å²) < 4.78 is 10.9. The Labute approximate surface area is 138 Å². The summed E-state index contributed by atoms with van der Waals surface area (Å²) in [4.78, 5) is 0. The molecule has 2 rings (SSSR count). The van der Waals surface area contributed by atoms with Gasteiger partial charge in [0, 0.05) is 37.3 Å². The van der Waals surface area contributed by atoms with Gasteiger partial charge in [0.05, 0.1) is 6.61 Å². The first kappa shape index (κ1) is 17.5. The van der Waals surface area contributed by atoms with Crippen molar-refractivity contribution in [2.45, 2.75) is 25.8 Å². The van der Waals surface area contributed by atoms with E-state index in [4.69, 9.17) is 21.1 Å². The molecule has 1 aliphatic rings. The zero-order chi connectivity index (χ0) is 15.6. The van der Waals surface area contributed by atoms with Crippen LogP contribution < -0.4 is 15.4 Å². The van der Waals surface area contributed by atoms with Gasteiger partial charge in [0.2, 0.25) is 0 Å². The van der Waals surface area contributed by atoms with Gasteiger partial charge in [0.25, 0.3) is 0 Å². The minimum atomic E-state index is 0.663. The number of hydrogen-bond acceptors (Lipinski definition) is 4. The fraction of sp³-hybridized carbons (Fsp3) is 0.647. The highest BCUT2D eigenvalue weighted by molar-refractivity contribution is 6.30. The molecule has 0 unspecified atom stereocenters. The van der Waals surface area contributed by atoms with Crippen molar-refractivity contribution < 1.29 is 9.47 Å². The molecule has 0 bridgehead atoms. The Bertz CT molecular complexity index is 437. The van der Waals surface area contributed by atoms with Crippen molar-refractivity contribution in [2.75, 3.05) is 40.0 Å². The van der Waals surface area contributed by atoms with E-state index < -0.39 is 0 Å². The Balaban J connectivity index is 1.80. The molecule has 1 aromatic carbocycles. The Hall–Kier alpha value is -0.810. The van der Waals surface area contributed by atoms with Crippen LogP contribution in [0.4, 0.5) is 0 Å². The first-order valence-electron chi connectivity index (χ1n) is 8.11. The smallest absolute Gasteiger partial charge is 0.123 e. The monoisotopic (exact) mass is 326 g/mol. The molecule has 5 heteroatoms. The lowest BCUT2D eigenvalue weighted by atomic mass is 9.98. The van der Waals surface area contributed by atoms with E-state index in [0.29, 0.717) is 6.61 Å². The van der Waals surface area contributed by atoms with Crippen LogP contribution in [0.15, 0.2) is 18.2 Å². The largest absolute Gasteiger partial charge is 0.493 e. The third kappa shape index (κ3) is 6.13. The maximum Gasteiger partial charge on any atom is 0.123 e. The molecular formula is C17H27ClN2O2. The van der Waals surface area contributed by atoms with E-state index in [1.165, 1.54) is 12.8 Å². The topological polar surface area (TPSA) is 42.5 Å². The minimum Gasteiger partial charge on any atom is -0.493 e. The Morgan fingerprint density at radius 2 is 2.09 bits per heavy atom. The number of halogens is 1. The summed E-state index contributed by atoms with van der Waals surface area (Å²) in [5.41, 5.74) is 1.12. The molecule has 2 N–H and O–H groups in total. The summed E-state index contributed by atoms with van der Waals surface area (Å²) in [6, 6.07) is 5.82. The predicted molar refractivity (Wildman–Crippen MR) is 90.7 cm³/mol. The number of ether oxygens (including phenoxy) is 2. The standard InChI is InChI=1S/C17H27ClN2O2/c1-21-9-2-10-22-17-4-3-16(18)11-15(17)13-20-12-14-5-7-19-8-6-14/h3-4,11,14,19-20H,2,5-10,12-13H2,1H3. The van der Waals surface area contributed by atoms with Crippen LogP contribution in [0, 0.1) is 5.92 Å². The zero-order valence-electron chi connectivity index (χ0n) is 13.4. The molecule has 0 amide bonds. The van der Waals surface area contributed by atoms with E-state index in [9.17, 15) is 0 Å². The van der Waals surface area contributed by atoms with Crippen molar-refractivity contribution in [2.24, 2.45) is 5.92 Å². The number of rotatable bonds is 9. The third-order valence-corrected chi connectivity index (χ3v) is 4.22. The molecule has 124 valence electrons. The highest BCUT2D eigenvalue weighted by atomic mass is 35.5. The predicted octanol–water partition coefficient (Wildman–Crippen LogP) is 2.84. The van der Waals surface area contributed by atoms with Crippen LogP contribution in [0.25, 0.3) is 0 Å². The molecule has 1 aromatic rings. The number of piperidine rings is 1. The molecule has 0 aliphatic carbocycles. The number of benzene rings is 1. The van der Waals surface area contributed by atoms with E-state index in [1.54, 1.807) is 7.11 Å².